The first-order valence-corrected chi connectivity index (χ1v) is 7.77. The Morgan fingerprint density at radius 2 is 1.88 bits per heavy atom. The van der Waals surface area contributed by atoms with Gasteiger partial charge in [0.15, 0.2) is 0 Å². The lowest BCUT2D eigenvalue weighted by atomic mass is 10.1. The van der Waals surface area contributed by atoms with Crippen LogP contribution in [0.5, 0.6) is 5.75 Å². The molecule has 0 saturated carbocycles. The van der Waals surface area contributed by atoms with E-state index in [1.807, 2.05) is 61.5 Å². The van der Waals surface area contributed by atoms with E-state index in [-0.39, 0.29) is 12.0 Å². The normalized spacial score (nSPS) is 11.7. The standard InChI is InChI=1S/C19H24N2O3/c1-21(2)16-9-5-8-15(11-16)19(22)20-13-18(24-4)14-7-6-10-17(12-14)23-3/h5-12,18H,13H2,1-4H3,(H,20,22)/t18-/m0/s1. The molecule has 0 aliphatic carbocycles. The lowest BCUT2D eigenvalue weighted by Gasteiger charge is -2.18. The van der Waals surface area contributed by atoms with E-state index in [1.54, 1.807) is 20.3 Å². The number of hydrogen-bond donors (Lipinski definition) is 1. The third kappa shape index (κ3) is 4.49. The van der Waals surface area contributed by atoms with Crippen LogP contribution in [0, 0.1) is 0 Å². The number of hydrogen-bond acceptors (Lipinski definition) is 4. The molecule has 0 unspecified atom stereocenters. The summed E-state index contributed by atoms with van der Waals surface area (Å²) in [4.78, 5) is 14.3. The molecule has 0 aliphatic rings. The Labute approximate surface area is 143 Å². The van der Waals surface area contributed by atoms with E-state index in [2.05, 4.69) is 5.32 Å². The summed E-state index contributed by atoms with van der Waals surface area (Å²) < 4.78 is 10.7. The minimum atomic E-state index is -0.235. The number of anilines is 1. The molecule has 0 radical (unpaired) electrons. The van der Waals surface area contributed by atoms with Gasteiger partial charge in [0, 0.05) is 39.0 Å². The first-order valence-electron chi connectivity index (χ1n) is 7.77. The molecule has 1 N–H and O–H groups in total. The second-order valence-electron chi connectivity index (χ2n) is 5.66. The van der Waals surface area contributed by atoms with Gasteiger partial charge in [-0.3, -0.25) is 4.79 Å². The largest absolute Gasteiger partial charge is 0.497 e. The number of rotatable bonds is 7. The van der Waals surface area contributed by atoms with Crippen molar-refractivity contribution in [3.63, 3.8) is 0 Å². The lowest BCUT2D eigenvalue weighted by molar-refractivity contribution is 0.0827. The van der Waals surface area contributed by atoms with E-state index in [9.17, 15) is 4.79 Å². The zero-order valence-corrected chi connectivity index (χ0v) is 14.6. The molecule has 5 heteroatoms. The van der Waals surface area contributed by atoms with Crippen LogP contribution in [-0.2, 0) is 4.74 Å². The van der Waals surface area contributed by atoms with Gasteiger partial charge in [0.05, 0.1) is 13.2 Å². The van der Waals surface area contributed by atoms with Crippen molar-refractivity contribution in [3.8, 4) is 5.75 Å². The fourth-order valence-corrected chi connectivity index (χ4v) is 2.39. The van der Waals surface area contributed by atoms with Gasteiger partial charge in [-0.25, -0.2) is 0 Å². The van der Waals surface area contributed by atoms with Gasteiger partial charge in [-0.1, -0.05) is 18.2 Å². The maximum Gasteiger partial charge on any atom is 0.251 e. The van der Waals surface area contributed by atoms with Crippen molar-refractivity contribution in [1.29, 1.82) is 0 Å². The van der Waals surface area contributed by atoms with Crippen molar-refractivity contribution < 1.29 is 14.3 Å². The molecule has 0 spiro atoms. The molecule has 2 aromatic carbocycles. The number of amides is 1. The highest BCUT2D eigenvalue weighted by atomic mass is 16.5. The molecular formula is C19H24N2O3. The zero-order valence-electron chi connectivity index (χ0n) is 14.6. The van der Waals surface area contributed by atoms with E-state index in [0.717, 1.165) is 17.0 Å². The SMILES string of the molecule is COc1cccc([C@H](CNC(=O)c2cccc(N(C)C)c2)OC)c1. The Balaban J connectivity index is 2.04. The van der Waals surface area contributed by atoms with E-state index < -0.39 is 0 Å². The van der Waals surface area contributed by atoms with Gasteiger partial charge in [0.1, 0.15) is 5.75 Å². The second-order valence-corrected chi connectivity index (χ2v) is 5.66. The van der Waals surface area contributed by atoms with Crippen molar-refractivity contribution >= 4 is 11.6 Å². The molecule has 128 valence electrons. The second kappa shape index (κ2) is 8.36. The molecule has 0 heterocycles. The van der Waals surface area contributed by atoms with Crippen molar-refractivity contribution in [3.05, 3.63) is 59.7 Å². The zero-order chi connectivity index (χ0) is 17.5. The number of benzene rings is 2. The number of nitrogens with one attached hydrogen (secondary N) is 1. The van der Waals surface area contributed by atoms with E-state index in [0.29, 0.717) is 12.1 Å². The Morgan fingerprint density at radius 1 is 1.12 bits per heavy atom. The lowest BCUT2D eigenvalue weighted by Crippen LogP contribution is -2.29. The maximum atomic E-state index is 12.4. The quantitative estimate of drug-likeness (QED) is 0.849. The molecular weight excluding hydrogens is 304 g/mol. The molecule has 0 bridgehead atoms. The highest BCUT2D eigenvalue weighted by Gasteiger charge is 2.14. The Bertz CT molecular complexity index is 686. The van der Waals surface area contributed by atoms with Crippen LogP contribution in [0.25, 0.3) is 0 Å². The van der Waals surface area contributed by atoms with Crippen LogP contribution in [0.2, 0.25) is 0 Å². The first-order chi connectivity index (χ1) is 11.5. The molecule has 0 fully saturated rings. The van der Waals surface area contributed by atoms with Crippen molar-refractivity contribution in [1.82, 2.24) is 5.32 Å². The summed E-state index contributed by atoms with van der Waals surface area (Å²) in [5.74, 6) is 0.642. The highest BCUT2D eigenvalue weighted by Crippen LogP contribution is 2.21. The number of carbonyl (C=O) groups excluding carboxylic acids is 1. The summed E-state index contributed by atoms with van der Waals surface area (Å²) in [5, 5.41) is 2.93. The average molecular weight is 328 g/mol. The van der Waals surface area contributed by atoms with Gasteiger partial charge in [0.2, 0.25) is 0 Å². The Kier molecular flexibility index (Phi) is 6.21. The third-order valence-electron chi connectivity index (χ3n) is 3.82. The molecule has 2 rings (SSSR count). The molecule has 1 amide bonds. The molecule has 1 atom stereocenters. The maximum absolute atomic E-state index is 12.4. The first kappa shape index (κ1) is 17.8. The number of nitrogens with zero attached hydrogens (tertiary/aromatic N) is 1. The number of carbonyl (C=O) groups is 1. The van der Waals surface area contributed by atoms with Crippen LogP contribution in [-0.4, -0.2) is 40.8 Å². The average Bonchev–Trinajstić information content (AvgIpc) is 2.62. The minimum absolute atomic E-state index is 0.122. The predicted molar refractivity (Wildman–Crippen MR) is 95.8 cm³/mol. The van der Waals surface area contributed by atoms with Gasteiger partial charge in [0.25, 0.3) is 5.91 Å². The summed E-state index contributed by atoms with van der Waals surface area (Å²) in [6.07, 6.45) is -0.235. The van der Waals surface area contributed by atoms with Crippen molar-refractivity contribution in [2.45, 2.75) is 6.10 Å². The summed E-state index contributed by atoms with van der Waals surface area (Å²) in [6, 6.07) is 15.1. The van der Waals surface area contributed by atoms with E-state index >= 15 is 0 Å². The van der Waals surface area contributed by atoms with Crippen LogP contribution in [0.1, 0.15) is 22.0 Å². The van der Waals surface area contributed by atoms with Crippen LogP contribution in [0.4, 0.5) is 5.69 Å². The third-order valence-corrected chi connectivity index (χ3v) is 3.82. The molecule has 24 heavy (non-hydrogen) atoms. The summed E-state index contributed by atoms with van der Waals surface area (Å²) in [5.41, 5.74) is 2.57. The molecule has 0 aliphatic heterocycles. The Hall–Kier alpha value is -2.53. The molecule has 0 saturated heterocycles. The van der Waals surface area contributed by atoms with Gasteiger partial charge in [-0.15, -0.1) is 0 Å². The van der Waals surface area contributed by atoms with Gasteiger partial charge in [-0.05, 0) is 35.9 Å². The van der Waals surface area contributed by atoms with Crippen LogP contribution < -0.4 is 15.0 Å². The van der Waals surface area contributed by atoms with Crippen LogP contribution >= 0.6 is 0 Å². The summed E-state index contributed by atoms with van der Waals surface area (Å²) in [6.45, 7) is 0.384. The van der Waals surface area contributed by atoms with E-state index in [4.69, 9.17) is 9.47 Å². The van der Waals surface area contributed by atoms with Gasteiger partial charge in [-0.2, -0.15) is 0 Å². The van der Waals surface area contributed by atoms with Crippen LogP contribution in [0.3, 0.4) is 0 Å². The summed E-state index contributed by atoms with van der Waals surface area (Å²) in [7, 11) is 7.14. The Morgan fingerprint density at radius 3 is 2.54 bits per heavy atom. The number of methoxy groups -OCH3 is 2. The van der Waals surface area contributed by atoms with Gasteiger partial charge < -0.3 is 19.7 Å². The molecule has 5 nitrogen and oxygen atoms in total. The fourth-order valence-electron chi connectivity index (χ4n) is 2.39. The van der Waals surface area contributed by atoms with E-state index in [1.165, 1.54) is 0 Å². The van der Waals surface area contributed by atoms with Crippen molar-refractivity contribution in [2.24, 2.45) is 0 Å². The van der Waals surface area contributed by atoms with Crippen molar-refractivity contribution in [2.75, 3.05) is 39.8 Å². The molecule has 0 aromatic heterocycles. The highest BCUT2D eigenvalue weighted by molar-refractivity contribution is 5.95. The van der Waals surface area contributed by atoms with Gasteiger partial charge >= 0.3 is 0 Å². The smallest absolute Gasteiger partial charge is 0.251 e. The van der Waals surface area contributed by atoms with Crippen LogP contribution in [0.15, 0.2) is 48.5 Å². The topological polar surface area (TPSA) is 50.8 Å². The number of ether oxygens (including phenoxy) is 2. The summed E-state index contributed by atoms with van der Waals surface area (Å²) >= 11 is 0. The predicted octanol–water partition coefficient (Wildman–Crippen LogP) is 2.88. The minimum Gasteiger partial charge on any atom is -0.497 e. The fraction of sp³-hybridized carbons (Fsp3) is 0.316. The monoisotopic (exact) mass is 328 g/mol. The molecule has 2 aromatic rings.